The van der Waals surface area contributed by atoms with E-state index >= 15 is 0 Å². The normalized spacial score (nSPS) is 25.5. The monoisotopic (exact) mass is 223 g/mol. The van der Waals surface area contributed by atoms with Crippen molar-refractivity contribution in [3.8, 4) is 0 Å². The number of amides is 2. The Morgan fingerprint density at radius 1 is 1.44 bits per heavy atom. The average molecular weight is 223 g/mol. The first-order valence-electron chi connectivity index (χ1n) is 5.74. The van der Waals surface area contributed by atoms with Crippen molar-refractivity contribution in [2.75, 3.05) is 0 Å². The van der Waals surface area contributed by atoms with Gasteiger partial charge in [-0.3, -0.25) is 9.59 Å². The van der Waals surface area contributed by atoms with E-state index in [-0.39, 0.29) is 17.9 Å². The lowest BCUT2D eigenvalue weighted by atomic mass is 9.83. The van der Waals surface area contributed by atoms with Crippen LogP contribution in [0.15, 0.2) is 4.99 Å². The van der Waals surface area contributed by atoms with Crippen LogP contribution in [-0.4, -0.2) is 23.7 Å². The van der Waals surface area contributed by atoms with E-state index in [1.54, 1.807) is 0 Å². The summed E-state index contributed by atoms with van der Waals surface area (Å²) in [6.07, 6.45) is 3.56. The minimum Gasteiger partial charge on any atom is -0.328 e. The number of nitrogens with one attached hydrogen (secondary N) is 1. The van der Waals surface area contributed by atoms with Crippen LogP contribution < -0.4 is 11.1 Å². The number of rotatable bonds is 2. The smallest absolute Gasteiger partial charge is 0.263 e. The SMILES string of the molecule is CC(N)CC1=NC(=O)C2(CCCC2)C(=O)N1. The van der Waals surface area contributed by atoms with E-state index in [1.807, 2.05) is 6.92 Å². The molecule has 1 unspecified atom stereocenters. The molecule has 0 radical (unpaired) electrons. The number of hydrogen-bond acceptors (Lipinski definition) is 3. The molecule has 0 saturated heterocycles. The van der Waals surface area contributed by atoms with E-state index in [0.717, 1.165) is 12.8 Å². The molecule has 1 heterocycles. The Labute approximate surface area is 94.5 Å². The highest BCUT2D eigenvalue weighted by molar-refractivity contribution is 6.18. The molecular weight excluding hydrogens is 206 g/mol. The molecule has 1 aliphatic carbocycles. The van der Waals surface area contributed by atoms with Gasteiger partial charge in [0.05, 0.1) is 0 Å². The summed E-state index contributed by atoms with van der Waals surface area (Å²) in [5.41, 5.74) is 4.76. The minimum atomic E-state index is -0.860. The van der Waals surface area contributed by atoms with Gasteiger partial charge < -0.3 is 11.1 Å². The molecular formula is C11H17N3O2. The Balaban J connectivity index is 2.21. The molecule has 0 aromatic rings. The minimum absolute atomic E-state index is 0.107. The number of hydrogen-bond donors (Lipinski definition) is 2. The Hall–Kier alpha value is -1.23. The van der Waals surface area contributed by atoms with Gasteiger partial charge in [0.25, 0.3) is 5.91 Å². The van der Waals surface area contributed by atoms with E-state index in [4.69, 9.17) is 5.73 Å². The zero-order valence-corrected chi connectivity index (χ0v) is 9.45. The molecule has 5 nitrogen and oxygen atoms in total. The van der Waals surface area contributed by atoms with Crippen LogP contribution >= 0.6 is 0 Å². The highest BCUT2D eigenvalue weighted by Gasteiger charge is 2.50. The second kappa shape index (κ2) is 3.97. The van der Waals surface area contributed by atoms with Crippen LogP contribution in [-0.2, 0) is 9.59 Å². The van der Waals surface area contributed by atoms with Crippen LogP contribution in [0.3, 0.4) is 0 Å². The van der Waals surface area contributed by atoms with Crippen LogP contribution in [0.2, 0.25) is 0 Å². The fourth-order valence-electron chi connectivity index (χ4n) is 2.43. The molecule has 0 bridgehead atoms. The van der Waals surface area contributed by atoms with Crippen LogP contribution in [0, 0.1) is 5.41 Å². The zero-order chi connectivity index (χ0) is 11.8. The molecule has 1 spiro atoms. The van der Waals surface area contributed by atoms with Gasteiger partial charge in [0.15, 0.2) is 0 Å². The summed E-state index contributed by atoms with van der Waals surface area (Å²) in [5, 5.41) is 2.72. The lowest BCUT2D eigenvalue weighted by molar-refractivity contribution is -0.141. The highest BCUT2D eigenvalue weighted by atomic mass is 16.2. The lowest BCUT2D eigenvalue weighted by Gasteiger charge is -2.29. The molecule has 2 rings (SSSR count). The predicted octanol–water partition coefficient (Wildman–Crippen LogP) is 0.339. The first-order valence-corrected chi connectivity index (χ1v) is 5.74. The van der Waals surface area contributed by atoms with Crippen molar-refractivity contribution in [2.24, 2.45) is 16.1 Å². The van der Waals surface area contributed by atoms with E-state index in [2.05, 4.69) is 10.3 Å². The van der Waals surface area contributed by atoms with E-state index in [0.29, 0.717) is 25.1 Å². The molecule has 2 aliphatic rings. The van der Waals surface area contributed by atoms with Gasteiger partial charge in [-0.15, -0.1) is 0 Å². The van der Waals surface area contributed by atoms with Gasteiger partial charge in [-0.2, -0.15) is 4.99 Å². The molecule has 88 valence electrons. The number of nitrogens with zero attached hydrogens (tertiary/aromatic N) is 1. The van der Waals surface area contributed by atoms with Gasteiger partial charge in [-0.05, 0) is 19.8 Å². The molecule has 1 aliphatic heterocycles. The maximum absolute atomic E-state index is 12.0. The fraction of sp³-hybridized carbons (Fsp3) is 0.727. The van der Waals surface area contributed by atoms with Gasteiger partial charge in [0.2, 0.25) is 5.91 Å². The third kappa shape index (κ3) is 1.75. The Morgan fingerprint density at radius 3 is 2.56 bits per heavy atom. The second-order valence-electron chi connectivity index (χ2n) is 4.79. The lowest BCUT2D eigenvalue weighted by Crippen LogP contribution is -2.52. The molecule has 3 N–H and O–H groups in total. The third-order valence-electron chi connectivity index (χ3n) is 3.31. The van der Waals surface area contributed by atoms with Gasteiger partial charge in [0.1, 0.15) is 11.3 Å². The number of carbonyl (C=O) groups is 2. The number of carbonyl (C=O) groups excluding carboxylic acids is 2. The molecule has 16 heavy (non-hydrogen) atoms. The maximum Gasteiger partial charge on any atom is 0.263 e. The Bertz CT molecular complexity index is 354. The second-order valence-corrected chi connectivity index (χ2v) is 4.79. The van der Waals surface area contributed by atoms with Gasteiger partial charge in [-0.25, -0.2) is 0 Å². The Morgan fingerprint density at radius 2 is 2.06 bits per heavy atom. The molecule has 1 atom stereocenters. The van der Waals surface area contributed by atoms with E-state index in [1.165, 1.54) is 0 Å². The first-order chi connectivity index (χ1) is 7.54. The molecule has 0 aromatic heterocycles. The van der Waals surface area contributed by atoms with E-state index < -0.39 is 5.41 Å². The van der Waals surface area contributed by atoms with Crippen molar-refractivity contribution in [3.63, 3.8) is 0 Å². The molecule has 2 amide bonds. The summed E-state index contributed by atoms with van der Waals surface area (Å²) < 4.78 is 0. The van der Waals surface area contributed by atoms with Crippen molar-refractivity contribution in [1.29, 1.82) is 0 Å². The summed E-state index contributed by atoms with van der Waals surface area (Å²) >= 11 is 0. The van der Waals surface area contributed by atoms with Crippen molar-refractivity contribution >= 4 is 17.6 Å². The summed E-state index contributed by atoms with van der Waals surface area (Å²) in [5.74, 6) is -0.0347. The van der Waals surface area contributed by atoms with Crippen LogP contribution in [0.4, 0.5) is 0 Å². The summed E-state index contributed by atoms with van der Waals surface area (Å²) in [6.45, 7) is 1.82. The van der Waals surface area contributed by atoms with E-state index in [9.17, 15) is 9.59 Å². The third-order valence-corrected chi connectivity index (χ3v) is 3.31. The van der Waals surface area contributed by atoms with Crippen LogP contribution in [0.5, 0.6) is 0 Å². The van der Waals surface area contributed by atoms with Crippen LogP contribution in [0.1, 0.15) is 39.0 Å². The van der Waals surface area contributed by atoms with Crippen molar-refractivity contribution in [1.82, 2.24) is 5.32 Å². The highest BCUT2D eigenvalue weighted by Crippen LogP contribution is 2.40. The fourth-order valence-corrected chi connectivity index (χ4v) is 2.43. The number of nitrogens with two attached hydrogens (primary N) is 1. The first kappa shape index (κ1) is 11.3. The van der Waals surface area contributed by atoms with Crippen molar-refractivity contribution in [2.45, 2.75) is 45.1 Å². The summed E-state index contributed by atoms with van der Waals surface area (Å²) in [7, 11) is 0. The zero-order valence-electron chi connectivity index (χ0n) is 9.45. The van der Waals surface area contributed by atoms with Crippen molar-refractivity contribution in [3.05, 3.63) is 0 Å². The molecule has 1 saturated carbocycles. The predicted molar refractivity (Wildman–Crippen MR) is 59.8 cm³/mol. The topological polar surface area (TPSA) is 84.5 Å². The number of amidine groups is 1. The quantitative estimate of drug-likeness (QED) is 0.662. The molecule has 5 heteroatoms. The summed E-state index contributed by atoms with van der Waals surface area (Å²) in [6, 6.07) is -0.107. The standard InChI is InChI=1S/C11H17N3O2/c1-7(12)6-8-13-9(15)11(10(16)14-8)4-2-3-5-11/h7H,2-6,12H2,1H3,(H,13,14,15,16). The Kier molecular flexibility index (Phi) is 2.80. The maximum atomic E-state index is 12.0. The summed E-state index contributed by atoms with van der Waals surface area (Å²) in [4.78, 5) is 27.9. The van der Waals surface area contributed by atoms with Gasteiger partial charge in [-0.1, -0.05) is 12.8 Å². The van der Waals surface area contributed by atoms with Crippen molar-refractivity contribution < 1.29 is 9.59 Å². The molecule has 1 fully saturated rings. The molecule has 0 aromatic carbocycles. The average Bonchev–Trinajstić information content (AvgIpc) is 2.63. The van der Waals surface area contributed by atoms with Gasteiger partial charge >= 0.3 is 0 Å². The van der Waals surface area contributed by atoms with Crippen LogP contribution in [0.25, 0.3) is 0 Å². The largest absolute Gasteiger partial charge is 0.328 e. The van der Waals surface area contributed by atoms with Gasteiger partial charge in [0, 0.05) is 12.5 Å². The number of aliphatic imine (C=N–C) groups is 1.